The molecule has 33 heavy (non-hydrogen) atoms. The molecule has 180 valence electrons. The average molecular weight is 484 g/mol. The van der Waals surface area contributed by atoms with Crippen molar-refractivity contribution in [2.24, 2.45) is 0 Å². The SMILES string of the molecule is CC(C)(C)[S@@](=O)NC(c1ccccc1)c1ccccc1P(C1CCCCC1)C1CCCCC1. The van der Waals surface area contributed by atoms with Gasteiger partial charge >= 0.3 is 0 Å². The summed E-state index contributed by atoms with van der Waals surface area (Å²) in [7, 11) is -1.37. The standard InChI is InChI=1S/C29H42NOPS/c1-29(2,3)33(31)30-28(23-15-7-4-8-16-23)26-21-13-14-22-27(26)32(24-17-9-5-10-18-24)25-19-11-6-12-20-25/h4,7-8,13-16,21-22,24-25,28,30H,5-6,9-12,17-20H2,1-3H3/t28?,33-/m1/s1. The Morgan fingerprint density at radius 1 is 0.788 bits per heavy atom. The molecule has 0 bridgehead atoms. The molecule has 0 aromatic heterocycles. The number of nitrogens with one attached hydrogen (secondary N) is 1. The van der Waals surface area contributed by atoms with Crippen molar-refractivity contribution in [3.63, 3.8) is 0 Å². The van der Waals surface area contributed by atoms with Crippen molar-refractivity contribution >= 4 is 24.2 Å². The maximum atomic E-state index is 13.3. The molecule has 2 aliphatic rings. The molecule has 0 amide bonds. The molecule has 2 saturated carbocycles. The lowest BCUT2D eigenvalue weighted by Crippen LogP contribution is -2.38. The van der Waals surface area contributed by atoms with E-state index in [1.165, 1.54) is 75.3 Å². The van der Waals surface area contributed by atoms with E-state index >= 15 is 0 Å². The van der Waals surface area contributed by atoms with E-state index in [0.717, 1.165) is 11.3 Å². The molecule has 4 heteroatoms. The van der Waals surface area contributed by atoms with Gasteiger partial charge in [-0.2, -0.15) is 0 Å². The highest BCUT2D eigenvalue weighted by Crippen LogP contribution is 2.56. The van der Waals surface area contributed by atoms with Gasteiger partial charge in [0, 0.05) is 0 Å². The van der Waals surface area contributed by atoms with Gasteiger partial charge in [0.15, 0.2) is 0 Å². The third kappa shape index (κ3) is 6.36. The summed E-state index contributed by atoms with van der Waals surface area (Å²) >= 11 is 0. The normalized spacial score (nSPS) is 20.6. The van der Waals surface area contributed by atoms with E-state index in [9.17, 15) is 4.21 Å². The molecule has 2 aliphatic carbocycles. The van der Waals surface area contributed by atoms with Crippen molar-refractivity contribution in [3.8, 4) is 0 Å². The second-order valence-electron chi connectivity index (χ2n) is 10.9. The summed E-state index contributed by atoms with van der Waals surface area (Å²) in [6.07, 6.45) is 14.0. The second-order valence-corrected chi connectivity index (χ2v) is 15.6. The first-order valence-corrected chi connectivity index (χ1v) is 15.7. The zero-order valence-corrected chi connectivity index (χ0v) is 22.5. The van der Waals surface area contributed by atoms with E-state index in [1.807, 2.05) is 0 Å². The lowest BCUT2D eigenvalue weighted by atomic mass is 9.99. The largest absolute Gasteiger partial charge is 0.242 e. The van der Waals surface area contributed by atoms with E-state index in [2.05, 4.69) is 80.1 Å². The van der Waals surface area contributed by atoms with Gasteiger partial charge in [-0.05, 0) is 74.2 Å². The first-order chi connectivity index (χ1) is 15.9. The quantitative estimate of drug-likeness (QED) is 0.404. The van der Waals surface area contributed by atoms with Crippen LogP contribution in [0.15, 0.2) is 54.6 Å². The molecule has 0 aliphatic heterocycles. The first-order valence-electron chi connectivity index (χ1n) is 13.1. The van der Waals surface area contributed by atoms with E-state index in [0.29, 0.717) is 0 Å². The summed E-state index contributed by atoms with van der Waals surface area (Å²) in [5, 5.41) is 1.58. The van der Waals surface area contributed by atoms with Crippen LogP contribution in [0.4, 0.5) is 0 Å². The van der Waals surface area contributed by atoms with Gasteiger partial charge in [-0.1, -0.05) is 101 Å². The molecule has 0 heterocycles. The summed E-state index contributed by atoms with van der Waals surface area (Å²) in [5.41, 5.74) is 4.28. The molecule has 2 nitrogen and oxygen atoms in total. The zero-order chi connectivity index (χ0) is 23.3. The van der Waals surface area contributed by atoms with Gasteiger partial charge in [0.25, 0.3) is 0 Å². The number of hydrogen-bond acceptors (Lipinski definition) is 1. The summed E-state index contributed by atoms with van der Waals surface area (Å²) in [5.74, 6) is 0. The van der Waals surface area contributed by atoms with E-state index in [-0.39, 0.29) is 18.7 Å². The molecule has 0 spiro atoms. The molecular formula is C29H42NOPS. The molecule has 0 saturated heterocycles. The Hall–Kier alpha value is -1.02. The fraction of sp³-hybridized carbons (Fsp3) is 0.586. The second kappa shape index (κ2) is 11.6. The third-order valence-electron chi connectivity index (χ3n) is 7.38. The molecule has 2 fully saturated rings. The highest BCUT2D eigenvalue weighted by molar-refractivity contribution is 7.84. The van der Waals surface area contributed by atoms with Crippen molar-refractivity contribution in [1.29, 1.82) is 0 Å². The fourth-order valence-corrected chi connectivity index (χ4v) is 10.4. The predicted molar refractivity (Wildman–Crippen MR) is 146 cm³/mol. The van der Waals surface area contributed by atoms with Crippen LogP contribution in [-0.2, 0) is 11.0 Å². The zero-order valence-electron chi connectivity index (χ0n) is 20.8. The molecule has 2 atom stereocenters. The summed E-state index contributed by atoms with van der Waals surface area (Å²) in [6, 6.07) is 19.8. The van der Waals surface area contributed by atoms with Crippen LogP contribution in [0, 0.1) is 0 Å². The predicted octanol–water partition coefficient (Wildman–Crippen LogP) is 7.60. The highest BCUT2D eigenvalue weighted by atomic mass is 32.2. The van der Waals surface area contributed by atoms with E-state index < -0.39 is 11.0 Å². The van der Waals surface area contributed by atoms with Crippen molar-refractivity contribution in [1.82, 2.24) is 4.72 Å². The minimum absolute atomic E-state index is 0.0420. The molecule has 0 radical (unpaired) electrons. The minimum Gasteiger partial charge on any atom is -0.242 e. The lowest BCUT2D eigenvalue weighted by Gasteiger charge is -2.40. The van der Waals surface area contributed by atoms with Gasteiger partial charge in [-0.15, -0.1) is 0 Å². The van der Waals surface area contributed by atoms with Crippen molar-refractivity contribution in [2.75, 3.05) is 0 Å². The lowest BCUT2D eigenvalue weighted by molar-refractivity contribution is 0.487. The summed E-state index contributed by atoms with van der Waals surface area (Å²) in [6.45, 7) is 6.17. The number of benzene rings is 2. The van der Waals surface area contributed by atoms with Crippen molar-refractivity contribution < 1.29 is 4.21 Å². The first kappa shape index (κ1) is 25.1. The Bertz CT molecular complexity index is 879. The van der Waals surface area contributed by atoms with E-state index in [4.69, 9.17) is 0 Å². The maximum Gasteiger partial charge on any atom is 0.0979 e. The molecule has 2 aromatic rings. The van der Waals surface area contributed by atoms with Crippen LogP contribution in [-0.4, -0.2) is 20.3 Å². The van der Waals surface area contributed by atoms with Crippen LogP contribution in [0.3, 0.4) is 0 Å². The van der Waals surface area contributed by atoms with Gasteiger partial charge < -0.3 is 0 Å². The van der Waals surface area contributed by atoms with Crippen LogP contribution >= 0.6 is 7.92 Å². The minimum atomic E-state index is -1.14. The molecular weight excluding hydrogens is 441 g/mol. The van der Waals surface area contributed by atoms with Crippen molar-refractivity contribution in [2.45, 2.75) is 107 Å². The molecule has 4 rings (SSSR count). The smallest absolute Gasteiger partial charge is 0.0979 e. The Kier molecular flexibility index (Phi) is 8.82. The van der Waals surface area contributed by atoms with Crippen LogP contribution in [0.5, 0.6) is 0 Å². The van der Waals surface area contributed by atoms with Gasteiger partial charge in [0.2, 0.25) is 0 Å². The van der Waals surface area contributed by atoms with Crippen LogP contribution < -0.4 is 10.0 Å². The Balaban J connectivity index is 1.77. The Labute approximate surface area is 205 Å². The Morgan fingerprint density at radius 2 is 1.30 bits per heavy atom. The summed E-state index contributed by atoms with van der Waals surface area (Å²) < 4.78 is 16.6. The summed E-state index contributed by atoms with van der Waals surface area (Å²) in [4.78, 5) is 0. The van der Waals surface area contributed by atoms with E-state index in [1.54, 1.807) is 5.30 Å². The number of hydrogen-bond donors (Lipinski definition) is 1. The van der Waals surface area contributed by atoms with Crippen LogP contribution in [0.1, 0.15) is 102 Å². The number of rotatable bonds is 7. The highest BCUT2D eigenvalue weighted by Gasteiger charge is 2.35. The van der Waals surface area contributed by atoms with Gasteiger partial charge in [-0.25, -0.2) is 8.93 Å². The topological polar surface area (TPSA) is 29.1 Å². The maximum absolute atomic E-state index is 13.3. The fourth-order valence-electron chi connectivity index (χ4n) is 5.62. The molecule has 1 unspecified atom stereocenters. The van der Waals surface area contributed by atoms with Gasteiger partial charge in [0.1, 0.15) is 0 Å². The Morgan fingerprint density at radius 3 is 1.85 bits per heavy atom. The average Bonchev–Trinajstić information content (AvgIpc) is 2.84. The van der Waals surface area contributed by atoms with Gasteiger partial charge in [-0.3, -0.25) is 0 Å². The molecule has 2 aromatic carbocycles. The molecule has 1 N–H and O–H groups in total. The third-order valence-corrected chi connectivity index (χ3v) is 12.5. The van der Waals surface area contributed by atoms with Crippen molar-refractivity contribution in [3.05, 3.63) is 65.7 Å². The van der Waals surface area contributed by atoms with Crippen LogP contribution in [0.2, 0.25) is 0 Å². The van der Waals surface area contributed by atoms with Crippen LogP contribution in [0.25, 0.3) is 0 Å². The monoisotopic (exact) mass is 483 g/mol. The van der Waals surface area contributed by atoms with Gasteiger partial charge in [0.05, 0.1) is 21.8 Å².